The molecule has 3 nitrogen and oxygen atoms in total. The Kier molecular flexibility index (Phi) is 2.46. The van der Waals surface area contributed by atoms with Crippen LogP contribution in [0.4, 0.5) is 4.79 Å². The van der Waals surface area contributed by atoms with Gasteiger partial charge in [-0.25, -0.2) is 4.79 Å². The Morgan fingerprint density at radius 1 is 1.40 bits per heavy atom. The van der Waals surface area contributed by atoms with Crippen molar-refractivity contribution in [2.24, 2.45) is 0 Å². The molecule has 0 aliphatic carbocycles. The van der Waals surface area contributed by atoms with Crippen LogP contribution in [-0.4, -0.2) is 18.4 Å². The second kappa shape index (κ2) is 3.77. The van der Waals surface area contributed by atoms with Crippen LogP contribution in [0.25, 0.3) is 0 Å². The van der Waals surface area contributed by atoms with E-state index in [1.807, 2.05) is 30.3 Å². The van der Waals surface area contributed by atoms with E-state index in [1.54, 1.807) is 6.08 Å². The summed E-state index contributed by atoms with van der Waals surface area (Å²) in [4.78, 5) is 10.9. The third kappa shape index (κ3) is 2.01. The fourth-order valence-corrected chi connectivity index (χ4v) is 1.61. The molecule has 0 N–H and O–H groups in total. The molecule has 0 radical (unpaired) electrons. The predicted molar refractivity (Wildman–Crippen MR) is 55.5 cm³/mol. The van der Waals surface area contributed by atoms with Crippen LogP contribution in [0.3, 0.4) is 0 Å². The van der Waals surface area contributed by atoms with E-state index in [4.69, 9.17) is 9.47 Å². The van der Waals surface area contributed by atoms with Crippen LogP contribution in [0, 0.1) is 0 Å². The standard InChI is InChI=1S/C12H12O3/c1-2-12(9-14-11(13)15-12)8-10-6-4-3-5-7-10/h2-7H,1,8-9H2/t12-/m0/s1. The third-order valence-corrected chi connectivity index (χ3v) is 2.44. The summed E-state index contributed by atoms with van der Waals surface area (Å²) >= 11 is 0. The highest BCUT2D eigenvalue weighted by molar-refractivity contribution is 5.63. The van der Waals surface area contributed by atoms with Crippen molar-refractivity contribution in [1.29, 1.82) is 0 Å². The Labute approximate surface area is 88.3 Å². The van der Waals surface area contributed by atoms with E-state index in [2.05, 4.69) is 6.58 Å². The summed E-state index contributed by atoms with van der Waals surface area (Å²) < 4.78 is 9.92. The molecule has 15 heavy (non-hydrogen) atoms. The van der Waals surface area contributed by atoms with Crippen LogP contribution in [0.1, 0.15) is 5.56 Å². The number of carbonyl (C=O) groups excluding carboxylic acids is 1. The molecule has 1 saturated heterocycles. The summed E-state index contributed by atoms with van der Waals surface area (Å²) in [6, 6.07) is 9.81. The van der Waals surface area contributed by atoms with Crippen LogP contribution < -0.4 is 0 Å². The molecule has 78 valence electrons. The molecule has 2 rings (SSSR count). The lowest BCUT2D eigenvalue weighted by Crippen LogP contribution is -2.31. The van der Waals surface area contributed by atoms with E-state index in [-0.39, 0.29) is 6.61 Å². The zero-order chi connectivity index (χ0) is 10.7. The van der Waals surface area contributed by atoms with Gasteiger partial charge in [0.15, 0.2) is 5.60 Å². The van der Waals surface area contributed by atoms with Crippen molar-refractivity contribution in [3.63, 3.8) is 0 Å². The lowest BCUT2D eigenvalue weighted by Gasteiger charge is -2.20. The summed E-state index contributed by atoms with van der Waals surface area (Å²) in [5.74, 6) is 0. The van der Waals surface area contributed by atoms with Crippen LogP contribution >= 0.6 is 0 Å². The second-order valence-electron chi connectivity index (χ2n) is 3.57. The van der Waals surface area contributed by atoms with Crippen molar-refractivity contribution in [2.75, 3.05) is 6.61 Å². The first-order valence-electron chi connectivity index (χ1n) is 4.77. The Morgan fingerprint density at radius 3 is 2.67 bits per heavy atom. The van der Waals surface area contributed by atoms with Gasteiger partial charge in [0.25, 0.3) is 0 Å². The molecule has 0 unspecified atom stereocenters. The molecule has 1 aliphatic heterocycles. The monoisotopic (exact) mass is 204 g/mol. The summed E-state index contributed by atoms with van der Waals surface area (Å²) in [6.45, 7) is 3.93. The van der Waals surface area contributed by atoms with Crippen LogP contribution in [0.5, 0.6) is 0 Å². The summed E-state index contributed by atoms with van der Waals surface area (Å²) in [7, 11) is 0. The third-order valence-electron chi connectivity index (χ3n) is 2.44. The summed E-state index contributed by atoms with van der Waals surface area (Å²) in [5, 5.41) is 0. The molecule has 1 aromatic rings. The SMILES string of the molecule is C=C[C@]1(Cc2ccccc2)COC(=O)O1. The average Bonchev–Trinajstić information content (AvgIpc) is 2.62. The van der Waals surface area contributed by atoms with Gasteiger partial charge in [0.2, 0.25) is 0 Å². The Morgan fingerprint density at radius 2 is 2.13 bits per heavy atom. The summed E-state index contributed by atoms with van der Waals surface area (Å²) in [5.41, 5.74) is 0.397. The second-order valence-corrected chi connectivity index (χ2v) is 3.57. The van der Waals surface area contributed by atoms with Gasteiger partial charge in [-0.3, -0.25) is 0 Å². The molecule has 1 aromatic carbocycles. The molecule has 1 heterocycles. The van der Waals surface area contributed by atoms with Crippen molar-refractivity contribution in [2.45, 2.75) is 12.0 Å². The van der Waals surface area contributed by atoms with Crippen molar-refractivity contribution >= 4 is 6.16 Å². The first-order valence-corrected chi connectivity index (χ1v) is 4.77. The highest BCUT2D eigenvalue weighted by Crippen LogP contribution is 2.25. The van der Waals surface area contributed by atoms with Crippen LogP contribution in [0.2, 0.25) is 0 Å². The fraction of sp³-hybridized carbons (Fsp3) is 0.250. The van der Waals surface area contributed by atoms with Gasteiger partial charge in [-0.1, -0.05) is 36.9 Å². The predicted octanol–water partition coefficient (Wildman–Crippen LogP) is 2.32. The minimum Gasteiger partial charge on any atom is -0.430 e. The van der Waals surface area contributed by atoms with Gasteiger partial charge in [0, 0.05) is 6.42 Å². The van der Waals surface area contributed by atoms with Gasteiger partial charge in [0.05, 0.1) is 0 Å². The number of ether oxygens (including phenoxy) is 2. The summed E-state index contributed by atoms with van der Waals surface area (Å²) in [6.07, 6.45) is 1.61. The Balaban J connectivity index is 2.16. The number of benzene rings is 1. The number of cyclic esters (lactones) is 2. The zero-order valence-corrected chi connectivity index (χ0v) is 8.31. The first kappa shape index (κ1) is 9.77. The number of rotatable bonds is 3. The molecule has 1 aliphatic rings. The Bertz CT molecular complexity index is 372. The highest BCUT2D eigenvalue weighted by Gasteiger charge is 2.39. The van der Waals surface area contributed by atoms with Gasteiger partial charge in [-0.05, 0) is 11.6 Å². The van der Waals surface area contributed by atoms with Crippen molar-refractivity contribution in [3.05, 3.63) is 48.6 Å². The van der Waals surface area contributed by atoms with Crippen molar-refractivity contribution in [3.8, 4) is 0 Å². The number of carbonyl (C=O) groups is 1. The van der Waals surface area contributed by atoms with Crippen molar-refractivity contribution < 1.29 is 14.3 Å². The molecule has 0 amide bonds. The number of hydrogen-bond acceptors (Lipinski definition) is 3. The molecule has 0 saturated carbocycles. The molecule has 1 fully saturated rings. The van der Waals surface area contributed by atoms with Gasteiger partial charge >= 0.3 is 6.16 Å². The molecular formula is C12H12O3. The normalized spacial score (nSPS) is 24.4. The van der Waals surface area contributed by atoms with Crippen LogP contribution in [-0.2, 0) is 15.9 Å². The van der Waals surface area contributed by atoms with Gasteiger partial charge in [-0.15, -0.1) is 0 Å². The van der Waals surface area contributed by atoms with E-state index in [0.717, 1.165) is 5.56 Å². The largest absolute Gasteiger partial charge is 0.509 e. The van der Waals surface area contributed by atoms with Crippen molar-refractivity contribution in [1.82, 2.24) is 0 Å². The van der Waals surface area contributed by atoms with E-state index in [9.17, 15) is 4.79 Å². The maximum absolute atomic E-state index is 10.9. The molecule has 0 spiro atoms. The fourth-order valence-electron chi connectivity index (χ4n) is 1.61. The zero-order valence-electron chi connectivity index (χ0n) is 8.31. The lowest BCUT2D eigenvalue weighted by atomic mass is 9.95. The van der Waals surface area contributed by atoms with Crippen LogP contribution in [0.15, 0.2) is 43.0 Å². The van der Waals surface area contributed by atoms with E-state index in [0.29, 0.717) is 6.42 Å². The van der Waals surface area contributed by atoms with E-state index < -0.39 is 11.8 Å². The molecule has 3 heteroatoms. The average molecular weight is 204 g/mol. The molecule has 1 atom stereocenters. The van der Waals surface area contributed by atoms with Gasteiger partial charge < -0.3 is 9.47 Å². The van der Waals surface area contributed by atoms with E-state index in [1.165, 1.54) is 0 Å². The van der Waals surface area contributed by atoms with Gasteiger partial charge in [0.1, 0.15) is 6.61 Å². The van der Waals surface area contributed by atoms with E-state index >= 15 is 0 Å². The highest BCUT2D eigenvalue weighted by atomic mass is 16.8. The number of hydrogen-bond donors (Lipinski definition) is 0. The topological polar surface area (TPSA) is 35.5 Å². The minimum atomic E-state index is -0.696. The lowest BCUT2D eigenvalue weighted by molar-refractivity contribution is 0.0898. The molecule has 0 bridgehead atoms. The molecule has 0 aromatic heterocycles. The maximum Gasteiger partial charge on any atom is 0.509 e. The Hall–Kier alpha value is -1.77. The quantitative estimate of drug-likeness (QED) is 0.560. The van der Waals surface area contributed by atoms with Gasteiger partial charge in [-0.2, -0.15) is 0 Å². The maximum atomic E-state index is 10.9. The first-order chi connectivity index (χ1) is 7.24. The smallest absolute Gasteiger partial charge is 0.430 e. The minimum absolute atomic E-state index is 0.240. The molecular weight excluding hydrogens is 192 g/mol.